The highest BCUT2D eigenvalue weighted by Crippen LogP contribution is 2.21. The largest absolute Gasteiger partial charge is 0.506 e. The Kier molecular flexibility index (Phi) is 13.8. The van der Waals surface area contributed by atoms with E-state index in [1.54, 1.807) is 30.6 Å². The third-order valence-corrected chi connectivity index (χ3v) is 5.99. The van der Waals surface area contributed by atoms with Crippen LogP contribution < -0.4 is 22.1 Å². The third kappa shape index (κ3) is 9.73. The molecule has 2 aliphatic rings. The van der Waals surface area contributed by atoms with Gasteiger partial charge < -0.3 is 32.1 Å². The summed E-state index contributed by atoms with van der Waals surface area (Å²) in [5, 5.41) is 25.3. The Morgan fingerprint density at radius 3 is 2.70 bits per heavy atom. The van der Waals surface area contributed by atoms with Crippen molar-refractivity contribution in [3.8, 4) is 0 Å². The average Bonchev–Trinajstić information content (AvgIpc) is 2.83. The van der Waals surface area contributed by atoms with Crippen LogP contribution in [0.2, 0.25) is 0 Å². The summed E-state index contributed by atoms with van der Waals surface area (Å²) in [4.78, 5) is 2.03. The highest BCUT2D eigenvalue weighted by molar-refractivity contribution is 14.2. The number of nitrogens with one attached hydrogen (secondary N) is 3. The minimum absolute atomic E-state index is 0.0264. The smallest absolute Gasteiger partial charge is 0.141 e. The fraction of sp³-hybridized carbons (Fsp3) is 0.391. The molecule has 0 aromatic heterocycles. The minimum atomic E-state index is 0.0264. The van der Waals surface area contributed by atoms with Crippen molar-refractivity contribution in [1.29, 1.82) is 5.41 Å². The number of rotatable bonds is 7. The van der Waals surface area contributed by atoms with Crippen LogP contribution in [0.1, 0.15) is 27.7 Å². The van der Waals surface area contributed by atoms with Gasteiger partial charge in [0.1, 0.15) is 17.3 Å². The van der Waals surface area contributed by atoms with E-state index in [-0.39, 0.29) is 5.76 Å². The molecule has 0 aromatic carbocycles. The van der Waals surface area contributed by atoms with Gasteiger partial charge >= 0.3 is 0 Å². The fourth-order valence-electron chi connectivity index (χ4n) is 3.06. The Labute approximate surface area is 212 Å². The van der Waals surface area contributed by atoms with E-state index in [0.717, 1.165) is 30.8 Å². The van der Waals surface area contributed by atoms with E-state index in [0.29, 0.717) is 35.6 Å². The summed E-state index contributed by atoms with van der Waals surface area (Å²) in [5.74, 6) is 0.938. The van der Waals surface area contributed by atoms with Crippen LogP contribution in [0.25, 0.3) is 0 Å². The van der Waals surface area contributed by atoms with Crippen LogP contribution in [0.15, 0.2) is 75.8 Å². The van der Waals surface area contributed by atoms with E-state index >= 15 is 0 Å². The molecular weight excluding hydrogens is 548 g/mol. The number of nitrogens with two attached hydrogens (primary N) is 2. The minimum Gasteiger partial charge on any atom is -0.506 e. The van der Waals surface area contributed by atoms with Gasteiger partial charge in [-0.3, -0.25) is 10.2 Å². The molecular formula is C23H37IN7OP. The number of aliphatic hydroxyl groups is 1. The Hall–Kier alpha value is -2.10. The number of dihydropyridines is 1. The van der Waals surface area contributed by atoms with Crippen LogP contribution in [0, 0.1) is 11.3 Å². The van der Waals surface area contributed by atoms with E-state index in [1.807, 2.05) is 30.9 Å². The van der Waals surface area contributed by atoms with E-state index in [1.165, 1.54) is 6.20 Å². The molecule has 1 saturated heterocycles. The van der Waals surface area contributed by atoms with Gasteiger partial charge in [0, 0.05) is 49.9 Å². The molecule has 0 radical (unpaired) electrons. The molecule has 0 spiro atoms. The fourth-order valence-corrected chi connectivity index (χ4v) is 3.68. The molecule has 1 fully saturated rings. The van der Waals surface area contributed by atoms with Gasteiger partial charge in [0.05, 0.1) is 12.1 Å². The lowest BCUT2D eigenvalue weighted by molar-refractivity contribution is 0.249. The van der Waals surface area contributed by atoms with Gasteiger partial charge in [-0.15, -0.1) is 0 Å². The van der Waals surface area contributed by atoms with E-state index < -0.39 is 0 Å². The summed E-state index contributed by atoms with van der Waals surface area (Å²) < 4.78 is 4.17. The predicted octanol–water partition coefficient (Wildman–Crippen LogP) is 3.99. The molecule has 8 N–H and O–H groups in total. The highest BCUT2D eigenvalue weighted by atomic mass is 127. The molecule has 8 nitrogen and oxygen atoms in total. The molecule has 2 heterocycles. The number of hydrogen-bond donors (Lipinski definition) is 6. The van der Waals surface area contributed by atoms with Crippen LogP contribution in [0.4, 0.5) is 0 Å². The summed E-state index contributed by atoms with van der Waals surface area (Å²) in [6, 6.07) is 0.365. The van der Waals surface area contributed by atoms with Crippen molar-refractivity contribution in [2.24, 2.45) is 22.1 Å². The lowest BCUT2D eigenvalue weighted by Gasteiger charge is -2.36. The van der Waals surface area contributed by atoms with Crippen molar-refractivity contribution in [2.45, 2.75) is 33.7 Å². The molecule has 2 rings (SSSR count). The summed E-state index contributed by atoms with van der Waals surface area (Å²) in [5.41, 5.74) is 14.0. The first-order valence-electron chi connectivity index (χ1n) is 11.0. The SMILES string of the molecule is CC.CC(C)C1CN(C(=N)/C=C\C(N)=C2\NC=C(/C=C/C(=C/N)/C=N/PI)C=C2O)CCN1. The zero-order valence-corrected chi connectivity index (χ0v) is 22.9. The molecule has 2 aliphatic heterocycles. The predicted molar refractivity (Wildman–Crippen MR) is 152 cm³/mol. The maximum atomic E-state index is 10.4. The number of nitrogens with zero attached hydrogens (tertiary/aromatic N) is 2. The van der Waals surface area contributed by atoms with Crippen LogP contribution >= 0.6 is 28.4 Å². The highest BCUT2D eigenvalue weighted by Gasteiger charge is 2.22. The maximum Gasteiger partial charge on any atom is 0.141 e. The standard InChI is InChI=1S/C21H31IN7OP.C2H6/c1-14(2)18-13-29(8-7-26-18)20(25)6-5-17(24)21-19(30)9-15(11-27-21)3-4-16(10-23)12-28-31-22;1-2/h3-6,9-12,14,18,25-27,30-31H,7-8,13,23-24H2,1-2H3;1-2H3/b4-3+,6-5-,16-10-,21-17-,25-20?,28-12+;. The van der Waals surface area contributed by atoms with E-state index in [2.05, 4.69) is 51.3 Å². The second-order valence-corrected chi connectivity index (χ2v) is 9.34. The van der Waals surface area contributed by atoms with Crippen molar-refractivity contribution >= 4 is 40.5 Å². The number of allylic oxidation sites excluding steroid dienone is 6. The molecule has 182 valence electrons. The molecule has 0 aliphatic carbocycles. The zero-order chi connectivity index (χ0) is 24.8. The number of halogens is 1. The lowest BCUT2D eigenvalue weighted by atomic mass is 10.0. The van der Waals surface area contributed by atoms with Gasteiger partial charge in [0.25, 0.3) is 0 Å². The van der Waals surface area contributed by atoms with Crippen molar-refractivity contribution < 1.29 is 5.11 Å². The normalized spacial score (nSPS) is 21.5. The number of piperazine rings is 1. The van der Waals surface area contributed by atoms with Gasteiger partial charge in [-0.05, 0) is 51.8 Å². The van der Waals surface area contributed by atoms with Crippen molar-refractivity contribution in [3.05, 3.63) is 71.1 Å². The van der Waals surface area contributed by atoms with E-state index in [4.69, 9.17) is 16.9 Å². The zero-order valence-electron chi connectivity index (χ0n) is 19.8. The van der Waals surface area contributed by atoms with Crippen LogP contribution in [-0.4, -0.2) is 47.7 Å². The van der Waals surface area contributed by atoms with Gasteiger partial charge in [0.2, 0.25) is 0 Å². The number of hydrogen-bond acceptors (Lipinski definition) is 7. The number of amidine groups is 1. The molecule has 0 aromatic rings. The van der Waals surface area contributed by atoms with E-state index in [9.17, 15) is 5.11 Å². The summed E-state index contributed by atoms with van der Waals surface area (Å²) in [6.07, 6.45) is 13.9. The molecule has 0 saturated carbocycles. The monoisotopic (exact) mass is 585 g/mol. The third-order valence-electron chi connectivity index (χ3n) is 4.93. The first-order valence-corrected chi connectivity index (χ1v) is 15.0. The Bertz CT molecular complexity index is 872. The quantitative estimate of drug-likeness (QED) is 0.0880. The van der Waals surface area contributed by atoms with Crippen molar-refractivity contribution in [1.82, 2.24) is 15.5 Å². The molecule has 0 amide bonds. The molecule has 33 heavy (non-hydrogen) atoms. The Balaban J connectivity index is 0.00000265. The molecule has 10 heteroatoms. The molecule has 0 bridgehead atoms. The second kappa shape index (κ2) is 15.7. The van der Waals surface area contributed by atoms with Gasteiger partial charge in [0.15, 0.2) is 0 Å². The van der Waals surface area contributed by atoms with Crippen molar-refractivity contribution in [3.63, 3.8) is 0 Å². The van der Waals surface area contributed by atoms with Crippen LogP contribution in [0.3, 0.4) is 0 Å². The van der Waals surface area contributed by atoms with Crippen LogP contribution in [-0.2, 0) is 0 Å². The van der Waals surface area contributed by atoms with Gasteiger partial charge in [-0.25, -0.2) is 0 Å². The first kappa shape index (κ1) is 28.9. The lowest BCUT2D eigenvalue weighted by Crippen LogP contribution is -2.54. The Morgan fingerprint density at radius 2 is 2.09 bits per heavy atom. The summed E-state index contributed by atoms with van der Waals surface area (Å²) >= 11 is 2.18. The summed E-state index contributed by atoms with van der Waals surface area (Å²) in [6.45, 7) is 10.8. The van der Waals surface area contributed by atoms with Gasteiger partial charge in [-0.2, -0.15) is 0 Å². The molecule has 2 atom stereocenters. The summed E-state index contributed by atoms with van der Waals surface area (Å²) in [7, 11) is 0. The maximum absolute atomic E-state index is 10.4. The second-order valence-electron chi connectivity index (χ2n) is 7.46. The first-order chi connectivity index (χ1) is 15.8. The Morgan fingerprint density at radius 1 is 1.36 bits per heavy atom. The van der Waals surface area contributed by atoms with Crippen molar-refractivity contribution in [2.75, 3.05) is 19.6 Å². The number of aliphatic hydroxyl groups excluding tert-OH is 1. The van der Waals surface area contributed by atoms with Crippen LogP contribution in [0.5, 0.6) is 0 Å². The average molecular weight is 585 g/mol. The van der Waals surface area contributed by atoms with Gasteiger partial charge in [-0.1, -0.05) is 39.8 Å². The molecule has 2 unspecified atom stereocenters. The topological polar surface area (TPSA) is 136 Å².